The second-order valence-corrected chi connectivity index (χ2v) is 7.13. The van der Waals surface area contributed by atoms with Gasteiger partial charge in [-0.25, -0.2) is 0 Å². The van der Waals surface area contributed by atoms with Gasteiger partial charge in [-0.3, -0.25) is 9.59 Å². The monoisotopic (exact) mass is 430 g/mol. The second-order valence-electron chi connectivity index (χ2n) is 7.13. The van der Waals surface area contributed by atoms with E-state index in [0.717, 1.165) is 17.7 Å². The number of carbonyl (C=O) groups excluding carboxylic acids is 2. The van der Waals surface area contributed by atoms with Crippen molar-refractivity contribution in [3.05, 3.63) is 89.4 Å². The molecule has 0 aliphatic carbocycles. The van der Waals surface area contributed by atoms with Crippen LogP contribution in [-0.4, -0.2) is 11.8 Å². The van der Waals surface area contributed by atoms with E-state index >= 15 is 0 Å². The van der Waals surface area contributed by atoms with E-state index in [9.17, 15) is 22.8 Å². The predicted molar refractivity (Wildman–Crippen MR) is 109 cm³/mol. The standard InChI is InChI=1S/C23H21F3N2O3/c1-15(17-6-8-18(9-7-17)23(24,25)26)13-21(29)27-14-16-4-10-19(11-5-16)28-22(30)20-3-2-12-31-20/h2-12,15H,13-14H2,1H3,(H,27,29)(H,28,30). The first kappa shape index (κ1) is 22.1. The highest BCUT2D eigenvalue weighted by Crippen LogP contribution is 2.30. The van der Waals surface area contributed by atoms with E-state index in [4.69, 9.17) is 4.42 Å². The maximum absolute atomic E-state index is 12.7. The Bertz CT molecular complexity index is 1010. The van der Waals surface area contributed by atoms with Crippen LogP contribution in [0.15, 0.2) is 71.3 Å². The third-order valence-corrected chi connectivity index (χ3v) is 4.75. The number of halogens is 3. The zero-order chi connectivity index (χ0) is 22.4. The fourth-order valence-electron chi connectivity index (χ4n) is 2.98. The quantitative estimate of drug-likeness (QED) is 0.530. The highest BCUT2D eigenvalue weighted by atomic mass is 19.4. The molecule has 0 aliphatic heterocycles. The third kappa shape index (κ3) is 6.21. The van der Waals surface area contributed by atoms with Crippen LogP contribution in [0, 0.1) is 0 Å². The van der Waals surface area contributed by atoms with Crippen molar-refractivity contribution >= 4 is 17.5 Å². The maximum Gasteiger partial charge on any atom is 0.416 e. The van der Waals surface area contributed by atoms with Crippen LogP contribution < -0.4 is 10.6 Å². The van der Waals surface area contributed by atoms with Crippen molar-refractivity contribution in [2.75, 3.05) is 5.32 Å². The van der Waals surface area contributed by atoms with Crippen LogP contribution in [0.3, 0.4) is 0 Å². The fraction of sp³-hybridized carbons (Fsp3) is 0.217. The van der Waals surface area contributed by atoms with Gasteiger partial charge >= 0.3 is 6.18 Å². The molecule has 0 bridgehead atoms. The normalized spacial score (nSPS) is 12.3. The van der Waals surface area contributed by atoms with Gasteiger partial charge in [-0.1, -0.05) is 31.2 Å². The molecule has 1 heterocycles. The van der Waals surface area contributed by atoms with Gasteiger partial charge in [0.2, 0.25) is 5.91 Å². The van der Waals surface area contributed by atoms with Crippen LogP contribution in [0.25, 0.3) is 0 Å². The summed E-state index contributed by atoms with van der Waals surface area (Å²) in [7, 11) is 0. The molecule has 1 aromatic heterocycles. The smallest absolute Gasteiger partial charge is 0.416 e. The molecule has 3 aromatic rings. The Balaban J connectivity index is 1.47. The van der Waals surface area contributed by atoms with Gasteiger partial charge in [-0.05, 0) is 53.4 Å². The van der Waals surface area contributed by atoms with Crippen molar-refractivity contribution in [3.8, 4) is 0 Å². The molecule has 0 saturated carbocycles. The Hall–Kier alpha value is -3.55. The van der Waals surface area contributed by atoms with Gasteiger partial charge in [0.25, 0.3) is 5.91 Å². The van der Waals surface area contributed by atoms with Gasteiger partial charge in [0.05, 0.1) is 11.8 Å². The van der Waals surface area contributed by atoms with Crippen molar-refractivity contribution in [2.24, 2.45) is 0 Å². The van der Waals surface area contributed by atoms with E-state index < -0.39 is 11.7 Å². The molecule has 2 amide bonds. The molecular weight excluding hydrogens is 409 g/mol. The van der Waals surface area contributed by atoms with Crippen molar-refractivity contribution in [3.63, 3.8) is 0 Å². The van der Waals surface area contributed by atoms with Crippen LogP contribution >= 0.6 is 0 Å². The Kier molecular flexibility index (Phi) is 6.79. The molecule has 2 aromatic carbocycles. The largest absolute Gasteiger partial charge is 0.459 e. The molecule has 2 N–H and O–H groups in total. The molecule has 31 heavy (non-hydrogen) atoms. The molecule has 0 saturated heterocycles. The van der Waals surface area contributed by atoms with Gasteiger partial charge in [0.1, 0.15) is 0 Å². The lowest BCUT2D eigenvalue weighted by Crippen LogP contribution is -2.24. The fourth-order valence-corrected chi connectivity index (χ4v) is 2.98. The van der Waals surface area contributed by atoms with Crippen molar-refractivity contribution in [1.29, 1.82) is 0 Å². The summed E-state index contributed by atoms with van der Waals surface area (Å²) in [5, 5.41) is 5.50. The summed E-state index contributed by atoms with van der Waals surface area (Å²) < 4.78 is 43.0. The number of hydrogen-bond acceptors (Lipinski definition) is 3. The highest BCUT2D eigenvalue weighted by molar-refractivity contribution is 6.02. The molecule has 8 heteroatoms. The minimum Gasteiger partial charge on any atom is -0.459 e. The first-order valence-corrected chi connectivity index (χ1v) is 9.60. The van der Waals surface area contributed by atoms with E-state index in [-0.39, 0.29) is 29.9 Å². The summed E-state index contributed by atoms with van der Waals surface area (Å²) in [5.74, 6) is -0.578. The molecule has 1 unspecified atom stereocenters. The molecule has 3 rings (SSSR count). The van der Waals surface area contributed by atoms with E-state index in [1.54, 1.807) is 43.3 Å². The summed E-state index contributed by atoms with van der Waals surface area (Å²) in [6, 6.07) is 15.0. The number of carbonyl (C=O) groups is 2. The molecule has 162 valence electrons. The number of benzene rings is 2. The van der Waals surface area contributed by atoms with Gasteiger partial charge in [-0.2, -0.15) is 13.2 Å². The zero-order valence-electron chi connectivity index (χ0n) is 16.7. The van der Waals surface area contributed by atoms with Gasteiger partial charge in [-0.15, -0.1) is 0 Å². The van der Waals surface area contributed by atoms with Crippen molar-refractivity contribution in [1.82, 2.24) is 5.32 Å². The van der Waals surface area contributed by atoms with Crippen LogP contribution in [0.1, 0.15) is 46.5 Å². The summed E-state index contributed by atoms with van der Waals surface area (Å²) in [5.41, 5.74) is 1.38. The summed E-state index contributed by atoms with van der Waals surface area (Å²) in [6.45, 7) is 2.09. The number of hydrogen-bond donors (Lipinski definition) is 2. The molecule has 1 atom stereocenters. The molecular formula is C23H21F3N2O3. The Morgan fingerprint density at radius 1 is 1.00 bits per heavy atom. The Morgan fingerprint density at radius 3 is 2.26 bits per heavy atom. The van der Waals surface area contributed by atoms with E-state index in [1.807, 2.05) is 0 Å². The summed E-state index contributed by atoms with van der Waals surface area (Å²) in [6.07, 6.45) is -2.81. The van der Waals surface area contributed by atoms with E-state index in [1.165, 1.54) is 18.4 Å². The highest BCUT2D eigenvalue weighted by Gasteiger charge is 2.30. The third-order valence-electron chi connectivity index (χ3n) is 4.75. The average molecular weight is 430 g/mol. The van der Waals surface area contributed by atoms with E-state index in [2.05, 4.69) is 10.6 Å². The molecule has 0 radical (unpaired) electrons. The maximum atomic E-state index is 12.7. The first-order valence-electron chi connectivity index (χ1n) is 9.60. The van der Waals surface area contributed by atoms with Crippen LogP contribution in [0.2, 0.25) is 0 Å². The second kappa shape index (κ2) is 9.51. The van der Waals surface area contributed by atoms with Crippen molar-refractivity contribution < 1.29 is 27.2 Å². The molecule has 0 spiro atoms. The van der Waals surface area contributed by atoms with E-state index in [0.29, 0.717) is 17.8 Å². The Labute approximate surface area is 177 Å². The topological polar surface area (TPSA) is 71.3 Å². The number of nitrogens with one attached hydrogen (secondary N) is 2. The number of amides is 2. The number of rotatable bonds is 7. The Morgan fingerprint density at radius 2 is 1.68 bits per heavy atom. The number of alkyl halides is 3. The lowest BCUT2D eigenvalue weighted by atomic mass is 9.96. The molecule has 0 aliphatic rings. The molecule has 0 fully saturated rings. The number of anilines is 1. The van der Waals surface area contributed by atoms with Crippen molar-refractivity contribution in [2.45, 2.75) is 32.0 Å². The summed E-state index contributed by atoms with van der Waals surface area (Å²) in [4.78, 5) is 24.2. The first-order chi connectivity index (χ1) is 14.7. The van der Waals surface area contributed by atoms with Gasteiger partial charge < -0.3 is 15.1 Å². The SMILES string of the molecule is CC(CC(=O)NCc1ccc(NC(=O)c2ccco2)cc1)c1ccc(C(F)(F)F)cc1. The predicted octanol–water partition coefficient (Wildman–Crippen LogP) is 5.36. The summed E-state index contributed by atoms with van der Waals surface area (Å²) >= 11 is 0. The lowest BCUT2D eigenvalue weighted by molar-refractivity contribution is -0.137. The van der Waals surface area contributed by atoms with Gasteiger partial charge in [0, 0.05) is 18.7 Å². The van der Waals surface area contributed by atoms with Crippen LogP contribution in [-0.2, 0) is 17.5 Å². The number of furan rings is 1. The van der Waals surface area contributed by atoms with Gasteiger partial charge in [0.15, 0.2) is 5.76 Å². The zero-order valence-corrected chi connectivity index (χ0v) is 16.7. The average Bonchev–Trinajstić information content (AvgIpc) is 3.28. The van der Waals surface area contributed by atoms with Crippen LogP contribution in [0.4, 0.5) is 18.9 Å². The minimum atomic E-state index is -4.38. The lowest BCUT2D eigenvalue weighted by Gasteiger charge is -2.14. The minimum absolute atomic E-state index is 0.155. The van der Waals surface area contributed by atoms with Crippen LogP contribution in [0.5, 0.6) is 0 Å². The molecule has 5 nitrogen and oxygen atoms in total.